The summed E-state index contributed by atoms with van der Waals surface area (Å²) in [5.74, 6) is -1.60. The van der Waals surface area contributed by atoms with Gasteiger partial charge in [0.1, 0.15) is 5.75 Å². The first kappa shape index (κ1) is 20.6. The molecule has 1 aromatic rings. The van der Waals surface area contributed by atoms with Gasteiger partial charge in [-0.1, -0.05) is 15.9 Å². The fourth-order valence-electron chi connectivity index (χ4n) is 1.62. The van der Waals surface area contributed by atoms with Gasteiger partial charge in [-0.05, 0) is 31.5 Å². The van der Waals surface area contributed by atoms with E-state index in [0.29, 0.717) is 16.3 Å². The lowest BCUT2D eigenvalue weighted by Gasteiger charge is -2.06. The molecule has 7 nitrogen and oxygen atoms in total. The molecular weight excluding hydrogens is 396 g/mol. The average Bonchev–Trinajstić information content (AvgIpc) is 2.59. The maximum absolute atomic E-state index is 11.7. The number of carbonyl (C=O) groups excluding carboxylic acids is 4. The molecule has 0 aliphatic heterocycles. The van der Waals surface area contributed by atoms with E-state index in [1.54, 1.807) is 19.1 Å². The van der Waals surface area contributed by atoms with E-state index in [1.165, 1.54) is 6.07 Å². The molecule has 0 saturated heterocycles. The monoisotopic (exact) mass is 412 g/mol. The average molecular weight is 413 g/mol. The first-order chi connectivity index (χ1) is 12.0. The molecule has 25 heavy (non-hydrogen) atoms. The molecular formula is C17H17BrO7. The molecule has 0 saturated carbocycles. The highest BCUT2D eigenvalue weighted by atomic mass is 79.9. The maximum Gasteiger partial charge on any atom is 0.331 e. The van der Waals surface area contributed by atoms with Gasteiger partial charge in [-0.25, -0.2) is 9.59 Å². The second-order valence-corrected chi connectivity index (χ2v) is 5.49. The predicted molar refractivity (Wildman–Crippen MR) is 91.1 cm³/mol. The number of hydrogen-bond donors (Lipinski definition) is 0. The Morgan fingerprint density at radius 1 is 1.12 bits per heavy atom. The van der Waals surface area contributed by atoms with Crippen LogP contribution in [0.15, 0.2) is 34.8 Å². The van der Waals surface area contributed by atoms with Gasteiger partial charge in [0.25, 0.3) is 0 Å². The predicted octanol–water partition coefficient (Wildman–Crippen LogP) is 2.61. The van der Waals surface area contributed by atoms with Crippen LogP contribution < -0.4 is 4.74 Å². The van der Waals surface area contributed by atoms with Gasteiger partial charge >= 0.3 is 17.9 Å². The highest BCUT2D eigenvalue weighted by Crippen LogP contribution is 2.21. The van der Waals surface area contributed by atoms with Gasteiger partial charge in [0, 0.05) is 28.6 Å². The van der Waals surface area contributed by atoms with Crippen molar-refractivity contribution in [2.45, 2.75) is 19.8 Å². The molecule has 0 heterocycles. The Morgan fingerprint density at radius 2 is 1.80 bits per heavy atom. The van der Waals surface area contributed by atoms with Crippen LogP contribution in [0.4, 0.5) is 0 Å². The van der Waals surface area contributed by atoms with Crippen LogP contribution >= 0.6 is 15.9 Å². The summed E-state index contributed by atoms with van der Waals surface area (Å²) in [5, 5.41) is 0. The molecule has 0 bridgehead atoms. The standard InChI is InChI=1S/C17H17BrO7/c1-2-23-15(20)7-8-16(21)24-9-3-4-17(22)25-13-5-6-14(18)12(10-13)11-19/h5-8,10-11H,2-4,9H2,1H3/b8-7-. The first-order valence-corrected chi connectivity index (χ1v) is 8.22. The van der Waals surface area contributed by atoms with Crippen molar-refractivity contribution in [3.05, 3.63) is 40.4 Å². The number of rotatable bonds is 9. The highest BCUT2D eigenvalue weighted by molar-refractivity contribution is 9.10. The number of benzene rings is 1. The van der Waals surface area contributed by atoms with Crippen molar-refractivity contribution in [2.75, 3.05) is 13.2 Å². The smallest absolute Gasteiger partial charge is 0.331 e. The number of carbonyl (C=O) groups is 4. The number of halogens is 1. The van der Waals surface area contributed by atoms with E-state index in [9.17, 15) is 19.2 Å². The lowest BCUT2D eigenvalue weighted by atomic mass is 10.2. The third kappa shape index (κ3) is 8.25. The minimum Gasteiger partial charge on any atom is -0.463 e. The largest absolute Gasteiger partial charge is 0.463 e. The fourth-order valence-corrected chi connectivity index (χ4v) is 1.96. The zero-order chi connectivity index (χ0) is 18.7. The summed E-state index contributed by atoms with van der Waals surface area (Å²) in [6, 6.07) is 4.59. The van der Waals surface area contributed by atoms with Crippen molar-refractivity contribution in [1.29, 1.82) is 0 Å². The third-order valence-corrected chi connectivity index (χ3v) is 3.46. The van der Waals surface area contributed by atoms with Crippen LogP contribution in [-0.2, 0) is 23.9 Å². The summed E-state index contributed by atoms with van der Waals surface area (Å²) in [7, 11) is 0. The normalized spacial score (nSPS) is 10.3. The van der Waals surface area contributed by atoms with Crippen LogP contribution in [0.1, 0.15) is 30.1 Å². The Balaban J connectivity index is 2.30. The maximum atomic E-state index is 11.7. The summed E-state index contributed by atoms with van der Waals surface area (Å²) in [6.07, 6.45) is 2.86. The van der Waals surface area contributed by atoms with Gasteiger partial charge in [0.05, 0.1) is 13.2 Å². The quantitative estimate of drug-likeness (QED) is 0.202. The van der Waals surface area contributed by atoms with Gasteiger partial charge in [0.2, 0.25) is 0 Å². The van der Waals surface area contributed by atoms with Crippen LogP contribution in [0.2, 0.25) is 0 Å². The molecule has 0 unspecified atom stereocenters. The number of aldehydes is 1. The molecule has 1 aromatic carbocycles. The highest BCUT2D eigenvalue weighted by Gasteiger charge is 2.08. The molecule has 0 spiro atoms. The SMILES string of the molecule is CCOC(=O)/C=C\C(=O)OCCCC(=O)Oc1ccc(Br)c(C=O)c1. The van der Waals surface area contributed by atoms with Crippen molar-refractivity contribution in [3.8, 4) is 5.75 Å². The zero-order valence-corrected chi connectivity index (χ0v) is 15.1. The van der Waals surface area contributed by atoms with Crippen molar-refractivity contribution >= 4 is 40.1 Å². The fraction of sp³-hybridized carbons (Fsp3) is 0.294. The van der Waals surface area contributed by atoms with Crippen molar-refractivity contribution in [2.24, 2.45) is 0 Å². The van der Waals surface area contributed by atoms with Gasteiger partial charge < -0.3 is 14.2 Å². The second kappa shape index (κ2) is 11.1. The van der Waals surface area contributed by atoms with Crippen LogP contribution in [0.3, 0.4) is 0 Å². The number of ether oxygens (including phenoxy) is 3. The van der Waals surface area contributed by atoms with E-state index in [2.05, 4.69) is 20.7 Å². The summed E-state index contributed by atoms with van der Waals surface area (Å²) in [5.41, 5.74) is 0.368. The molecule has 134 valence electrons. The third-order valence-electron chi connectivity index (χ3n) is 2.74. The molecule has 0 radical (unpaired) electrons. The minimum atomic E-state index is -0.704. The lowest BCUT2D eigenvalue weighted by Crippen LogP contribution is -2.11. The van der Waals surface area contributed by atoms with Crippen LogP contribution in [0, 0.1) is 0 Å². The lowest BCUT2D eigenvalue weighted by molar-refractivity contribution is -0.141. The Kier molecular flexibility index (Phi) is 9.16. The van der Waals surface area contributed by atoms with E-state index in [-0.39, 0.29) is 31.8 Å². The Morgan fingerprint density at radius 3 is 2.44 bits per heavy atom. The van der Waals surface area contributed by atoms with Gasteiger partial charge in [-0.15, -0.1) is 0 Å². The van der Waals surface area contributed by atoms with Gasteiger partial charge in [-0.2, -0.15) is 0 Å². The van der Waals surface area contributed by atoms with E-state index < -0.39 is 17.9 Å². The van der Waals surface area contributed by atoms with Gasteiger partial charge in [0.15, 0.2) is 6.29 Å². The molecule has 0 fully saturated rings. The summed E-state index contributed by atoms with van der Waals surface area (Å²) in [6.45, 7) is 1.87. The van der Waals surface area contributed by atoms with Crippen LogP contribution in [0.5, 0.6) is 5.75 Å². The molecule has 1 rings (SSSR count). The number of esters is 3. The first-order valence-electron chi connectivity index (χ1n) is 7.43. The van der Waals surface area contributed by atoms with Crippen LogP contribution in [-0.4, -0.2) is 37.4 Å². The molecule has 0 aromatic heterocycles. The molecule has 0 atom stereocenters. The van der Waals surface area contributed by atoms with Crippen LogP contribution in [0.25, 0.3) is 0 Å². The minimum absolute atomic E-state index is 0.00102. The summed E-state index contributed by atoms with van der Waals surface area (Å²) < 4.78 is 15.1. The van der Waals surface area contributed by atoms with Crippen molar-refractivity contribution in [3.63, 3.8) is 0 Å². The zero-order valence-electron chi connectivity index (χ0n) is 13.5. The van der Waals surface area contributed by atoms with E-state index >= 15 is 0 Å². The van der Waals surface area contributed by atoms with E-state index in [0.717, 1.165) is 12.2 Å². The molecule has 0 N–H and O–H groups in total. The van der Waals surface area contributed by atoms with Crippen molar-refractivity contribution < 1.29 is 33.4 Å². The molecule has 0 aliphatic carbocycles. The van der Waals surface area contributed by atoms with E-state index in [4.69, 9.17) is 9.47 Å². The number of hydrogen-bond acceptors (Lipinski definition) is 7. The molecule has 0 amide bonds. The summed E-state index contributed by atoms with van der Waals surface area (Å²) >= 11 is 3.20. The van der Waals surface area contributed by atoms with Crippen molar-refractivity contribution in [1.82, 2.24) is 0 Å². The Bertz CT molecular complexity index is 667. The second-order valence-electron chi connectivity index (χ2n) is 4.63. The van der Waals surface area contributed by atoms with Gasteiger partial charge in [-0.3, -0.25) is 9.59 Å². The van der Waals surface area contributed by atoms with E-state index in [1.807, 2.05) is 0 Å². The Labute approximate surface area is 153 Å². The summed E-state index contributed by atoms with van der Waals surface area (Å²) in [4.78, 5) is 44.8. The molecule has 0 aliphatic rings. The Hall–Kier alpha value is -2.48. The molecule has 8 heteroatoms. The topological polar surface area (TPSA) is 96.0 Å².